The Hall–Kier alpha value is -2.68. The monoisotopic (exact) mass is 355 g/mol. The summed E-state index contributed by atoms with van der Waals surface area (Å²) >= 11 is 5.75. The number of pyridine rings is 1. The molecule has 3 aromatic rings. The van der Waals surface area contributed by atoms with Gasteiger partial charge < -0.3 is 0 Å². The minimum absolute atomic E-state index is 0.0264. The molecule has 1 amide bonds. The lowest BCUT2D eigenvalue weighted by Gasteiger charge is -2.16. The highest BCUT2D eigenvalue weighted by atomic mass is 35.5. The molecule has 0 atom stereocenters. The van der Waals surface area contributed by atoms with Crippen LogP contribution in [0.25, 0.3) is 17.0 Å². The molecule has 24 heavy (non-hydrogen) atoms. The average Bonchev–Trinajstić information content (AvgIpc) is 2.92. The van der Waals surface area contributed by atoms with Crippen molar-refractivity contribution in [3.8, 4) is 11.5 Å². The molecule has 0 radical (unpaired) electrons. The molecule has 0 bridgehead atoms. The summed E-state index contributed by atoms with van der Waals surface area (Å²) < 4.78 is 39.6. The van der Waals surface area contributed by atoms with Gasteiger partial charge in [0.25, 0.3) is 0 Å². The molecular formula is C14H9ClF3N5O. The Labute approximate surface area is 138 Å². The first kappa shape index (κ1) is 16.2. The van der Waals surface area contributed by atoms with E-state index in [1.165, 1.54) is 16.7 Å². The van der Waals surface area contributed by atoms with Gasteiger partial charge in [0.05, 0.1) is 5.52 Å². The van der Waals surface area contributed by atoms with Crippen LogP contribution >= 0.6 is 11.6 Å². The first-order valence-electron chi connectivity index (χ1n) is 6.60. The molecule has 0 saturated carbocycles. The summed E-state index contributed by atoms with van der Waals surface area (Å²) in [6.07, 6.45) is -2.00. The normalized spacial score (nSPS) is 11.7. The minimum atomic E-state index is -5.00. The molecule has 3 aromatic heterocycles. The maximum Gasteiger partial charge on any atom is 0.471 e. The van der Waals surface area contributed by atoms with Gasteiger partial charge in [-0.1, -0.05) is 6.07 Å². The van der Waals surface area contributed by atoms with Crippen molar-refractivity contribution in [3.63, 3.8) is 0 Å². The number of rotatable bonds is 2. The lowest BCUT2D eigenvalue weighted by molar-refractivity contribution is -0.170. The summed E-state index contributed by atoms with van der Waals surface area (Å²) in [5.41, 5.74) is 0.637. The molecule has 6 nitrogen and oxygen atoms in total. The smallest absolute Gasteiger partial charge is 0.296 e. The first-order valence-corrected chi connectivity index (χ1v) is 6.97. The van der Waals surface area contributed by atoms with Crippen molar-refractivity contribution in [1.29, 1.82) is 0 Å². The van der Waals surface area contributed by atoms with Gasteiger partial charge in [0, 0.05) is 19.4 Å². The van der Waals surface area contributed by atoms with Crippen LogP contribution in [0.4, 0.5) is 19.0 Å². The topological polar surface area (TPSA) is 63.4 Å². The van der Waals surface area contributed by atoms with Crippen molar-refractivity contribution in [2.24, 2.45) is 0 Å². The van der Waals surface area contributed by atoms with E-state index >= 15 is 0 Å². The van der Waals surface area contributed by atoms with E-state index < -0.39 is 12.1 Å². The molecule has 0 fully saturated rings. The van der Waals surface area contributed by atoms with Crippen LogP contribution in [0, 0.1) is 0 Å². The predicted octanol–water partition coefficient (Wildman–Crippen LogP) is 2.97. The van der Waals surface area contributed by atoms with Gasteiger partial charge >= 0.3 is 12.1 Å². The largest absolute Gasteiger partial charge is 0.471 e. The summed E-state index contributed by atoms with van der Waals surface area (Å²) in [5.74, 6) is -1.91. The average molecular weight is 356 g/mol. The number of nitrogens with zero attached hydrogens (tertiary/aromatic N) is 5. The zero-order valence-electron chi connectivity index (χ0n) is 12.1. The molecule has 0 aliphatic heterocycles. The summed E-state index contributed by atoms with van der Waals surface area (Å²) in [5, 5.41) is -0.0264. The molecule has 0 spiro atoms. The molecule has 0 aliphatic rings. The summed E-state index contributed by atoms with van der Waals surface area (Å²) in [6, 6.07) is 6.37. The van der Waals surface area contributed by atoms with Gasteiger partial charge in [0.15, 0.2) is 11.6 Å². The van der Waals surface area contributed by atoms with Crippen molar-refractivity contribution in [1.82, 2.24) is 19.4 Å². The van der Waals surface area contributed by atoms with Crippen LogP contribution < -0.4 is 4.90 Å². The second-order valence-electron chi connectivity index (χ2n) is 4.79. The van der Waals surface area contributed by atoms with E-state index in [-0.39, 0.29) is 16.9 Å². The highest BCUT2D eigenvalue weighted by molar-refractivity contribution is 6.28. The molecule has 0 aromatic carbocycles. The second kappa shape index (κ2) is 5.75. The van der Waals surface area contributed by atoms with Gasteiger partial charge in [0.1, 0.15) is 5.69 Å². The van der Waals surface area contributed by atoms with Gasteiger partial charge in [-0.05, 0) is 29.8 Å². The van der Waals surface area contributed by atoms with E-state index in [0.29, 0.717) is 16.1 Å². The molecule has 124 valence electrons. The van der Waals surface area contributed by atoms with E-state index in [2.05, 4.69) is 15.0 Å². The molecule has 3 rings (SSSR count). The maximum atomic E-state index is 12.7. The van der Waals surface area contributed by atoms with Crippen molar-refractivity contribution < 1.29 is 18.0 Å². The third-order valence-corrected chi connectivity index (χ3v) is 3.43. The van der Waals surface area contributed by atoms with Gasteiger partial charge in [0.2, 0.25) is 5.28 Å². The summed E-state index contributed by atoms with van der Waals surface area (Å²) in [4.78, 5) is 23.9. The Morgan fingerprint density at radius 2 is 2.00 bits per heavy atom. The van der Waals surface area contributed by atoms with Gasteiger partial charge in [-0.15, -0.1) is 0 Å². The van der Waals surface area contributed by atoms with Gasteiger partial charge in [-0.2, -0.15) is 13.2 Å². The van der Waals surface area contributed by atoms with Gasteiger partial charge in [-0.25, -0.2) is 15.0 Å². The van der Waals surface area contributed by atoms with Crippen molar-refractivity contribution in [2.75, 3.05) is 11.9 Å². The van der Waals surface area contributed by atoms with Crippen LogP contribution in [0.2, 0.25) is 5.28 Å². The number of carbonyl (C=O) groups excluding carboxylic acids is 1. The number of aromatic nitrogens is 4. The second-order valence-corrected chi connectivity index (χ2v) is 5.13. The molecule has 10 heteroatoms. The number of fused-ring (bicyclic) bond motifs is 1. The number of anilines is 1. The van der Waals surface area contributed by atoms with E-state index in [9.17, 15) is 18.0 Å². The summed E-state index contributed by atoms with van der Waals surface area (Å²) in [7, 11) is 1.02. The molecule has 3 heterocycles. The van der Waals surface area contributed by atoms with Crippen molar-refractivity contribution >= 4 is 28.8 Å². The van der Waals surface area contributed by atoms with E-state index in [4.69, 9.17) is 11.6 Å². The number of carbonyl (C=O) groups is 1. The minimum Gasteiger partial charge on any atom is -0.296 e. The Balaban J connectivity index is 2.19. The number of halogens is 4. The van der Waals surface area contributed by atoms with E-state index in [0.717, 1.165) is 7.05 Å². The fraction of sp³-hybridized carbons (Fsp3) is 0.143. The van der Waals surface area contributed by atoms with E-state index in [1.807, 2.05) is 0 Å². The van der Waals surface area contributed by atoms with Crippen LogP contribution in [0.15, 0.2) is 36.7 Å². The summed E-state index contributed by atoms with van der Waals surface area (Å²) in [6.45, 7) is 0. The first-order chi connectivity index (χ1) is 11.3. The number of hydrogen-bond acceptors (Lipinski definition) is 4. The van der Waals surface area contributed by atoms with Crippen LogP contribution in [0.1, 0.15) is 0 Å². The predicted molar refractivity (Wildman–Crippen MR) is 80.7 cm³/mol. The fourth-order valence-electron chi connectivity index (χ4n) is 2.19. The molecule has 0 saturated heterocycles. The highest BCUT2D eigenvalue weighted by Crippen LogP contribution is 2.29. The number of imidazole rings is 1. The third kappa shape index (κ3) is 2.78. The zero-order chi connectivity index (χ0) is 17.5. The lowest BCUT2D eigenvalue weighted by atomic mass is 10.3. The van der Waals surface area contributed by atoms with Crippen LogP contribution in [-0.4, -0.2) is 38.5 Å². The third-order valence-electron chi connectivity index (χ3n) is 3.25. The Kier molecular flexibility index (Phi) is 3.88. The molecule has 0 N–H and O–H groups in total. The highest BCUT2D eigenvalue weighted by Gasteiger charge is 2.42. The number of hydrogen-bond donors (Lipinski definition) is 0. The molecule has 0 unspecified atom stereocenters. The Morgan fingerprint density at radius 3 is 2.67 bits per heavy atom. The quantitative estimate of drug-likeness (QED) is 0.663. The van der Waals surface area contributed by atoms with Crippen molar-refractivity contribution in [3.05, 3.63) is 41.9 Å². The Morgan fingerprint density at radius 1 is 1.25 bits per heavy atom. The van der Waals surface area contributed by atoms with Crippen molar-refractivity contribution in [2.45, 2.75) is 6.18 Å². The number of alkyl halides is 3. The Bertz CT molecular complexity index is 924. The van der Waals surface area contributed by atoms with Crippen LogP contribution in [-0.2, 0) is 4.79 Å². The van der Waals surface area contributed by atoms with E-state index in [1.54, 1.807) is 24.4 Å². The lowest BCUT2D eigenvalue weighted by Crippen LogP contribution is -2.38. The van der Waals surface area contributed by atoms with Crippen LogP contribution in [0.3, 0.4) is 0 Å². The zero-order valence-corrected chi connectivity index (χ0v) is 12.9. The fourth-order valence-corrected chi connectivity index (χ4v) is 2.34. The number of amides is 1. The standard InChI is InChI=1S/C14H9ClF3N5O/c1-22(12(24)14(16,17)18)11-9-4-2-3-7-23(9)10(21-11)8-5-6-19-13(15)20-8/h2-7H,1H3. The van der Waals surface area contributed by atoms with Gasteiger partial charge in [-0.3, -0.25) is 14.1 Å². The molecular weight excluding hydrogens is 347 g/mol. The molecule has 0 aliphatic carbocycles. The maximum absolute atomic E-state index is 12.7. The van der Waals surface area contributed by atoms with Crippen LogP contribution in [0.5, 0.6) is 0 Å². The SMILES string of the molecule is CN(C(=O)C(F)(F)F)c1nc(-c2ccnc(Cl)n2)n2ccccc12.